The van der Waals surface area contributed by atoms with Gasteiger partial charge in [-0.1, -0.05) is 19.8 Å². The first-order chi connectivity index (χ1) is 5.62. The Morgan fingerprint density at radius 1 is 1.58 bits per heavy atom. The van der Waals surface area contributed by atoms with Crippen LogP contribution in [0.15, 0.2) is 0 Å². The minimum Gasteiger partial charge on any atom is -0.377 e. The van der Waals surface area contributed by atoms with Crippen LogP contribution >= 0.6 is 0 Å². The van der Waals surface area contributed by atoms with Crippen LogP contribution < -0.4 is 5.73 Å². The van der Waals surface area contributed by atoms with E-state index >= 15 is 0 Å². The van der Waals surface area contributed by atoms with Crippen molar-refractivity contribution in [1.29, 1.82) is 0 Å². The number of nitrogens with two attached hydrogens (primary N) is 1. The summed E-state index contributed by atoms with van der Waals surface area (Å²) in [5, 5.41) is 0. The highest BCUT2D eigenvalue weighted by molar-refractivity contribution is 4.90. The Hall–Kier alpha value is -0.0800. The van der Waals surface area contributed by atoms with E-state index < -0.39 is 0 Å². The van der Waals surface area contributed by atoms with E-state index in [4.69, 9.17) is 10.5 Å². The molecule has 2 nitrogen and oxygen atoms in total. The second kappa shape index (κ2) is 3.75. The van der Waals surface area contributed by atoms with Crippen LogP contribution in [0.3, 0.4) is 0 Å². The normalized spacial score (nSPS) is 25.0. The molecule has 0 bridgehead atoms. The summed E-state index contributed by atoms with van der Waals surface area (Å²) in [5.74, 6) is 0.890. The third-order valence-corrected chi connectivity index (χ3v) is 3.24. The van der Waals surface area contributed by atoms with Gasteiger partial charge in [0, 0.05) is 13.2 Å². The summed E-state index contributed by atoms with van der Waals surface area (Å²) in [7, 11) is 1.76. The molecule has 2 heteroatoms. The Bertz CT molecular complexity index is 139. The molecule has 0 saturated heterocycles. The molecule has 0 amide bonds. The largest absolute Gasteiger partial charge is 0.377 e. The maximum atomic E-state index is 6.09. The average Bonchev–Trinajstić information content (AvgIpc) is 2.86. The van der Waals surface area contributed by atoms with Gasteiger partial charge in [-0.25, -0.2) is 0 Å². The number of hydrogen-bond donors (Lipinski definition) is 1. The highest BCUT2D eigenvalue weighted by atomic mass is 16.5. The maximum absolute atomic E-state index is 6.09. The SMILES string of the molecule is CCC(C)(OC)C(N)CC1CC1. The topological polar surface area (TPSA) is 35.2 Å². The molecule has 2 unspecified atom stereocenters. The highest BCUT2D eigenvalue weighted by Gasteiger charge is 2.34. The quantitative estimate of drug-likeness (QED) is 0.686. The predicted molar refractivity (Wildman–Crippen MR) is 51.0 cm³/mol. The second-order valence-electron chi connectivity index (χ2n) is 4.16. The second-order valence-corrected chi connectivity index (χ2v) is 4.16. The Labute approximate surface area is 75.5 Å². The Morgan fingerprint density at radius 2 is 2.17 bits per heavy atom. The zero-order valence-corrected chi connectivity index (χ0v) is 8.47. The number of rotatable bonds is 5. The van der Waals surface area contributed by atoms with Crippen molar-refractivity contribution in [1.82, 2.24) is 0 Å². The summed E-state index contributed by atoms with van der Waals surface area (Å²) in [5.41, 5.74) is 5.98. The number of hydrogen-bond acceptors (Lipinski definition) is 2. The average molecular weight is 171 g/mol. The van der Waals surface area contributed by atoms with Gasteiger partial charge in [-0.05, 0) is 25.7 Å². The van der Waals surface area contributed by atoms with Gasteiger partial charge < -0.3 is 10.5 Å². The summed E-state index contributed by atoms with van der Waals surface area (Å²) in [6.45, 7) is 4.25. The van der Waals surface area contributed by atoms with Crippen molar-refractivity contribution < 1.29 is 4.74 Å². The van der Waals surface area contributed by atoms with Crippen LogP contribution in [0, 0.1) is 5.92 Å². The molecule has 0 aromatic carbocycles. The molecule has 0 radical (unpaired) electrons. The van der Waals surface area contributed by atoms with Gasteiger partial charge in [-0.15, -0.1) is 0 Å². The molecule has 2 atom stereocenters. The molecule has 2 N–H and O–H groups in total. The fraction of sp³-hybridized carbons (Fsp3) is 1.00. The van der Waals surface area contributed by atoms with E-state index in [-0.39, 0.29) is 11.6 Å². The van der Waals surface area contributed by atoms with Crippen molar-refractivity contribution in [3.8, 4) is 0 Å². The summed E-state index contributed by atoms with van der Waals surface area (Å²) in [6, 6.07) is 0.208. The Kier molecular flexibility index (Phi) is 3.13. The molecule has 1 fully saturated rings. The Morgan fingerprint density at radius 3 is 2.50 bits per heavy atom. The van der Waals surface area contributed by atoms with E-state index in [2.05, 4.69) is 13.8 Å². The summed E-state index contributed by atoms with van der Waals surface area (Å²) in [6.07, 6.45) is 4.88. The summed E-state index contributed by atoms with van der Waals surface area (Å²) < 4.78 is 5.45. The molecule has 12 heavy (non-hydrogen) atoms. The lowest BCUT2D eigenvalue weighted by Crippen LogP contribution is -2.46. The number of methoxy groups -OCH3 is 1. The molecule has 1 rings (SSSR count). The third kappa shape index (κ3) is 2.20. The minimum absolute atomic E-state index is 0.109. The van der Waals surface area contributed by atoms with Gasteiger partial charge in [0.15, 0.2) is 0 Å². The van der Waals surface area contributed by atoms with Crippen LogP contribution in [0.2, 0.25) is 0 Å². The van der Waals surface area contributed by atoms with Crippen LogP contribution in [0.5, 0.6) is 0 Å². The fourth-order valence-corrected chi connectivity index (χ4v) is 1.52. The maximum Gasteiger partial charge on any atom is 0.0798 e. The lowest BCUT2D eigenvalue weighted by atomic mass is 9.90. The standard InChI is InChI=1S/C10H21NO/c1-4-10(2,12-3)9(11)7-8-5-6-8/h8-9H,4-7,11H2,1-3H3. The van der Waals surface area contributed by atoms with Crippen LogP contribution in [-0.4, -0.2) is 18.8 Å². The summed E-state index contributed by atoms with van der Waals surface area (Å²) >= 11 is 0. The monoisotopic (exact) mass is 171 g/mol. The van der Waals surface area contributed by atoms with Crippen molar-refractivity contribution in [3.05, 3.63) is 0 Å². The molecule has 0 spiro atoms. The van der Waals surface area contributed by atoms with E-state index in [1.807, 2.05) is 0 Å². The first kappa shape index (κ1) is 10.0. The van der Waals surface area contributed by atoms with Crippen molar-refractivity contribution in [3.63, 3.8) is 0 Å². The van der Waals surface area contributed by atoms with Crippen LogP contribution in [-0.2, 0) is 4.74 Å². The first-order valence-electron chi connectivity index (χ1n) is 4.93. The number of ether oxygens (including phenoxy) is 1. The van der Waals surface area contributed by atoms with E-state index in [0.717, 1.165) is 18.8 Å². The van der Waals surface area contributed by atoms with E-state index in [1.54, 1.807) is 7.11 Å². The van der Waals surface area contributed by atoms with E-state index in [9.17, 15) is 0 Å². The highest BCUT2D eigenvalue weighted by Crippen LogP contribution is 2.36. The van der Waals surface area contributed by atoms with Crippen LogP contribution in [0.25, 0.3) is 0 Å². The van der Waals surface area contributed by atoms with Gasteiger partial charge in [0.25, 0.3) is 0 Å². The van der Waals surface area contributed by atoms with Crippen LogP contribution in [0.4, 0.5) is 0 Å². The molecule has 1 aliphatic carbocycles. The van der Waals surface area contributed by atoms with Gasteiger partial charge in [0.1, 0.15) is 0 Å². The molecule has 0 aromatic heterocycles. The minimum atomic E-state index is -0.109. The Balaban J connectivity index is 2.39. The smallest absolute Gasteiger partial charge is 0.0798 e. The lowest BCUT2D eigenvalue weighted by Gasteiger charge is -2.33. The third-order valence-electron chi connectivity index (χ3n) is 3.24. The van der Waals surface area contributed by atoms with Gasteiger partial charge in [-0.3, -0.25) is 0 Å². The first-order valence-corrected chi connectivity index (χ1v) is 4.93. The predicted octanol–water partition coefficient (Wildman–Crippen LogP) is 1.93. The molecule has 0 aliphatic heterocycles. The molecular formula is C10H21NO. The molecule has 72 valence electrons. The van der Waals surface area contributed by atoms with Gasteiger partial charge in [-0.2, -0.15) is 0 Å². The molecule has 0 heterocycles. The van der Waals surface area contributed by atoms with Gasteiger partial charge in [0.05, 0.1) is 5.60 Å². The zero-order valence-electron chi connectivity index (χ0n) is 8.47. The van der Waals surface area contributed by atoms with Crippen molar-refractivity contribution >= 4 is 0 Å². The van der Waals surface area contributed by atoms with Gasteiger partial charge >= 0.3 is 0 Å². The van der Waals surface area contributed by atoms with E-state index in [1.165, 1.54) is 12.8 Å². The lowest BCUT2D eigenvalue weighted by molar-refractivity contribution is -0.0218. The van der Waals surface area contributed by atoms with Crippen molar-refractivity contribution in [2.45, 2.75) is 51.2 Å². The molecule has 1 aliphatic rings. The molecular weight excluding hydrogens is 150 g/mol. The van der Waals surface area contributed by atoms with Crippen molar-refractivity contribution in [2.75, 3.05) is 7.11 Å². The van der Waals surface area contributed by atoms with E-state index in [0.29, 0.717) is 0 Å². The molecule has 1 saturated carbocycles. The molecule has 0 aromatic rings. The fourth-order valence-electron chi connectivity index (χ4n) is 1.52. The van der Waals surface area contributed by atoms with Crippen LogP contribution in [0.1, 0.15) is 39.5 Å². The zero-order chi connectivity index (χ0) is 9.19. The van der Waals surface area contributed by atoms with Gasteiger partial charge in [0.2, 0.25) is 0 Å². The van der Waals surface area contributed by atoms with Crippen molar-refractivity contribution in [2.24, 2.45) is 11.7 Å². The summed E-state index contributed by atoms with van der Waals surface area (Å²) in [4.78, 5) is 0.